The fourth-order valence-electron chi connectivity index (χ4n) is 7.95. The van der Waals surface area contributed by atoms with Crippen LogP contribution in [0, 0.1) is 22.7 Å². The molecule has 4 nitrogen and oxygen atoms in total. The molecule has 0 aromatic carbocycles. The number of fused-ring (bicyclic) bond motifs is 5. The van der Waals surface area contributed by atoms with Gasteiger partial charge in [0.1, 0.15) is 0 Å². The molecule has 3 saturated carbocycles. The zero-order valence-electron chi connectivity index (χ0n) is 17.9. The van der Waals surface area contributed by atoms with Crippen molar-refractivity contribution in [3.63, 3.8) is 0 Å². The lowest BCUT2D eigenvalue weighted by Crippen LogP contribution is -2.60. The molecule has 1 heterocycles. The van der Waals surface area contributed by atoms with Crippen LogP contribution in [0.15, 0.2) is 39.3 Å². The molecule has 1 N–H and O–H groups in total. The maximum atomic E-state index is 12.2. The van der Waals surface area contributed by atoms with E-state index in [1.54, 1.807) is 11.8 Å². The number of ether oxygens (including phenoxy) is 1. The van der Waals surface area contributed by atoms with Crippen LogP contribution in [-0.4, -0.2) is 23.9 Å². The molecule has 1 aromatic rings. The Bertz CT molecular complexity index is 867. The minimum Gasteiger partial charge on any atom is -0.431 e. The molecule has 4 heteroatoms. The van der Waals surface area contributed by atoms with Crippen molar-refractivity contribution in [1.29, 1.82) is 0 Å². The molecular formula is C25H34O4. The molecular weight excluding hydrogens is 364 g/mol. The second-order valence-corrected chi connectivity index (χ2v) is 10.5. The average Bonchev–Trinajstić information content (AvgIpc) is 2.99. The molecule has 0 bridgehead atoms. The van der Waals surface area contributed by atoms with E-state index in [1.165, 1.54) is 18.9 Å². The lowest BCUT2D eigenvalue weighted by Gasteiger charge is -2.61. The zero-order chi connectivity index (χ0) is 20.4. The van der Waals surface area contributed by atoms with Gasteiger partial charge in [-0.25, -0.2) is 4.79 Å². The second kappa shape index (κ2) is 6.55. The van der Waals surface area contributed by atoms with E-state index in [4.69, 9.17) is 9.15 Å². The molecule has 4 aliphatic rings. The van der Waals surface area contributed by atoms with Crippen LogP contribution in [0.2, 0.25) is 0 Å². The molecule has 4 aliphatic carbocycles. The van der Waals surface area contributed by atoms with E-state index in [0.717, 1.165) is 44.1 Å². The summed E-state index contributed by atoms with van der Waals surface area (Å²) in [5.41, 5.74) is 1.75. The third kappa shape index (κ3) is 2.61. The number of rotatable bonds is 2. The Morgan fingerprint density at radius 2 is 1.90 bits per heavy atom. The summed E-state index contributed by atoms with van der Waals surface area (Å²) >= 11 is 0. The van der Waals surface area contributed by atoms with Crippen LogP contribution >= 0.6 is 0 Å². The van der Waals surface area contributed by atoms with Crippen molar-refractivity contribution < 1.29 is 14.3 Å². The molecule has 3 fully saturated rings. The van der Waals surface area contributed by atoms with Gasteiger partial charge in [0.2, 0.25) is 0 Å². The van der Waals surface area contributed by atoms with Crippen LogP contribution in [0.3, 0.4) is 0 Å². The van der Waals surface area contributed by atoms with Crippen molar-refractivity contribution in [2.75, 3.05) is 7.11 Å². The van der Waals surface area contributed by atoms with Crippen molar-refractivity contribution in [3.8, 4) is 0 Å². The quantitative estimate of drug-likeness (QED) is 0.726. The largest absolute Gasteiger partial charge is 0.431 e. The summed E-state index contributed by atoms with van der Waals surface area (Å²) in [5, 5.41) is 12.2. The Kier molecular flexibility index (Phi) is 4.42. The van der Waals surface area contributed by atoms with Gasteiger partial charge in [-0.1, -0.05) is 25.5 Å². The zero-order valence-corrected chi connectivity index (χ0v) is 17.9. The van der Waals surface area contributed by atoms with E-state index in [0.29, 0.717) is 11.8 Å². The molecule has 0 radical (unpaired) electrons. The van der Waals surface area contributed by atoms with Gasteiger partial charge < -0.3 is 14.3 Å². The van der Waals surface area contributed by atoms with Gasteiger partial charge in [-0.15, -0.1) is 0 Å². The Balaban J connectivity index is 1.49. The van der Waals surface area contributed by atoms with E-state index >= 15 is 0 Å². The summed E-state index contributed by atoms with van der Waals surface area (Å²) in [6.45, 7) is 4.74. The molecule has 29 heavy (non-hydrogen) atoms. The first-order valence-corrected chi connectivity index (χ1v) is 11.4. The molecule has 0 spiro atoms. The molecule has 0 aliphatic heterocycles. The number of hydrogen-bond acceptors (Lipinski definition) is 4. The van der Waals surface area contributed by atoms with Crippen molar-refractivity contribution in [1.82, 2.24) is 0 Å². The molecule has 7 atom stereocenters. The first kappa shape index (κ1) is 19.6. The maximum Gasteiger partial charge on any atom is 0.335 e. The molecule has 1 aromatic heterocycles. The normalized spacial score (nSPS) is 46.4. The fourth-order valence-corrected chi connectivity index (χ4v) is 7.95. The van der Waals surface area contributed by atoms with Crippen LogP contribution in [0.4, 0.5) is 0 Å². The van der Waals surface area contributed by atoms with Crippen molar-refractivity contribution >= 4 is 0 Å². The van der Waals surface area contributed by atoms with Crippen molar-refractivity contribution in [2.45, 2.75) is 82.8 Å². The van der Waals surface area contributed by atoms with Crippen molar-refractivity contribution in [3.05, 3.63) is 46.0 Å². The predicted molar refractivity (Wildman–Crippen MR) is 112 cm³/mol. The third-order valence-electron chi connectivity index (χ3n) is 9.69. The molecule has 7 unspecified atom stereocenters. The minimum atomic E-state index is -0.636. The predicted octanol–water partition coefficient (Wildman–Crippen LogP) is 4.82. The van der Waals surface area contributed by atoms with Crippen molar-refractivity contribution in [2.24, 2.45) is 22.7 Å². The van der Waals surface area contributed by atoms with E-state index < -0.39 is 5.60 Å². The van der Waals surface area contributed by atoms with Crippen LogP contribution < -0.4 is 5.63 Å². The summed E-state index contributed by atoms with van der Waals surface area (Å²) in [4.78, 5) is 11.4. The second-order valence-electron chi connectivity index (χ2n) is 10.5. The molecule has 5 rings (SSSR count). The highest BCUT2D eigenvalue weighted by Crippen LogP contribution is 2.70. The van der Waals surface area contributed by atoms with Gasteiger partial charge >= 0.3 is 5.63 Å². The van der Waals surface area contributed by atoms with Crippen LogP contribution in [0.25, 0.3) is 0 Å². The van der Waals surface area contributed by atoms with E-state index in [1.807, 2.05) is 13.2 Å². The van der Waals surface area contributed by atoms with Gasteiger partial charge in [0.05, 0.1) is 18.0 Å². The highest BCUT2D eigenvalue weighted by molar-refractivity contribution is 5.31. The van der Waals surface area contributed by atoms with Gasteiger partial charge in [0, 0.05) is 18.6 Å². The maximum absolute atomic E-state index is 12.2. The van der Waals surface area contributed by atoms with Gasteiger partial charge in [-0.05, 0) is 86.2 Å². The van der Waals surface area contributed by atoms with Crippen LogP contribution in [0.1, 0.15) is 76.7 Å². The van der Waals surface area contributed by atoms with Crippen LogP contribution in [0.5, 0.6) is 0 Å². The summed E-state index contributed by atoms with van der Waals surface area (Å²) in [7, 11) is 1.81. The smallest absolute Gasteiger partial charge is 0.335 e. The number of hydrogen-bond donors (Lipinski definition) is 1. The van der Waals surface area contributed by atoms with Crippen LogP contribution in [-0.2, 0) is 4.74 Å². The fraction of sp³-hybridized carbons (Fsp3) is 0.720. The Labute approximate surface area is 173 Å². The number of methoxy groups -OCH3 is 1. The standard InChI is InChI=1S/C25H34O4/c1-23-11-8-18(28-3)14-17(23)5-6-21-20(23)9-12-24(2)19(10-13-25(21,24)27)16-4-7-22(26)29-15-16/h4,7,14-15,18-21,27H,5-6,8-13H2,1-3H3. The van der Waals surface area contributed by atoms with E-state index in [9.17, 15) is 9.90 Å². The topological polar surface area (TPSA) is 59.7 Å². The lowest BCUT2D eigenvalue weighted by atomic mass is 9.45. The van der Waals surface area contributed by atoms with E-state index in [2.05, 4.69) is 19.9 Å². The first-order valence-electron chi connectivity index (χ1n) is 11.4. The number of aliphatic hydroxyl groups is 1. The number of allylic oxidation sites excluding steroid dienone is 1. The molecule has 0 amide bonds. The highest BCUT2D eigenvalue weighted by Gasteiger charge is 2.66. The Morgan fingerprint density at radius 1 is 1.07 bits per heavy atom. The monoisotopic (exact) mass is 398 g/mol. The van der Waals surface area contributed by atoms with E-state index in [-0.39, 0.29) is 28.5 Å². The van der Waals surface area contributed by atoms with Gasteiger partial charge in [0.15, 0.2) is 0 Å². The highest BCUT2D eigenvalue weighted by atomic mass is 16.5. The summed E-state index contributed by atoms with van der Waals surface area (Å²) in [5.74, 6) is 1.15. The lowest BCUT2D eigenvalue weighted by molar-refractivity contribution is -0.178. The average molecular weight is 399 g/mol. The van der Waals surface area contributed by atoms with Gasteiger partial charge in [0.25, 0.3) is 0 Å². The summed E-state index contributed by atoms with van der Waals surface area (Å²) in [6, 6.07) is 3.43. The first-order chi connectivity index (χ1) is 13.8. The SMILES string of the molecule is COC1C=C2CCC3C(CCC4(C)C(c5ccc(=O)oc5)CCC34O)C2(C)CC1. The minimum absolute atomic E-state index is 0.157. The molecule has 158 valence electrons. The summed E-state index contributed by atoms with van der Waals surface area (Å²) < 4.78 is 10.8. The summed E-state index contributed by atoms with van der Waals surface area (Å²) in [6.07, 6.45) is 12.7. The Hall–Kier alpha value is -1.39. The third-order valence-corrected chi connectivity index (χ3v) is 9.69. The van der Waals surface area contributed by atoms with Gasteiger partial charge in [-0.3, -0.25) is 0 Å². The molecule has 0 saturated heterocycles. The van der Waals surface area contributed by atoms with Gasteiger partial charge in [-0.2, -0.15) is 0 Å². The Morgan fingerprint density at radius 3 is 2.62 bits per heavy atom.